The summed E-state index contributed by atoms with van der Waals surface area (Å²) in [5, 5.41) is 12.3. The number of carboxylic acid groups (broad SMARTS) is 1. The summed E-state index contributed by atoms with van der Waals surface area (Å²) in [4.78, 5) is 24.2. The van der Waals surface area contributed by atoms with Crippen molar-refractivity contribution in [3.05, 3.63) is 42.0 Å². The number of benzene rings is 1. The normalized spacial score (nSPS) is 32.2. The molecule has 1 amide bonds. The van der Waals surface area contributed by atoms with Gasteiger partial charge in [0.2, 0.25) is 5.91 Å². The second-order valence-electron chi connectivity index (χ2n) is 5.97. The maximum atomic E-state index is 12.7. The number of amides is 1. The van der Waals surface area contributed by atoms with Crippen LogP contribution >= 0.6 is 0 Å². The Kier molecular flexibility index (Phi) is 3.53. The number of carbonyl (C=O) groups excluding carboxylic acids is 1. The van der Waals surface area contributed by atoms with Crippen LogP contribution < -0.4 is 5.32 Å². The first-order valence-electron chi connectivity index (χ1n) is 7.45. The number of para-hydroxylation sites is 1. The minimum atomic E-state index is -0.998. The highest BCUT2D eigenvalue weighted by atomic mass is 16.5. The molecule has 5 nitrogen and oxygen atoms in total. The smallest absolute Gasteiger partial charge is 0.310 e. The number of aliphatic carboxylic acids is 1. The summed E-state index contributed by atoms with van der Waals surface area (Å²) in [5.41, 5.74) is 0.904. The number of ether oxygens (including phenoxy) is 1. The molecule has 2 aliphatic rings. The predicted octanol–water partition coefficient (Wildman–Crippen LogP) is 2.23. The first kappa shape index (κ1) is 14.8. The van der Waals surface area contributed by atoms with Crippen LogP contribution in [-0.2, 0) is 20.7 Å². The molecule has 4 atom stereocenters. The molecule has 3 rings (SSSR count). The third kappa shape index (κ3) is 2.22. The Hall–Kier alpha value is -2.14. The van der Waals surface area contributed by atoms with Crippen LogP contribution in [0.2, 0.25) is 0 Å². The van der Waals surface area contributed by atoms with Gasteiger partial charge in [-0.1, -0.05) is 37.3 Å². The molecule has 2 bridgehead atoms. The Morgan fingerprint density at radius 3 is 2.77 bits per heavy atom. The Morgan fingerprint density at radius 2 is 2.09 bits per heavy atom. The molecule has 0 unspecified atom stereocenters. The van der Waals surface area contributed by atoms with Gasteiger partial charge in [0.05, 0.1) is 17.6 Å². The largest absolute Gasteiger partial charge is 0.481 e. The van der Waals surface area contributed by atoms with E-state index in [4.69, 9.17) is 4.74 Å². The van der Waals surface area contributed by atoms with Crippen molar-refractivity contribution >= 4 is 17.6 Å². The molecule has 5 heteroatoms. The van der Waals surface area contributed by atoms with E-state index in [-0.39, 0.29) is 5.91 Å². The number of hydrogen-bond donors (Lipinski definition) is 2. The average Bonchev–Trinajstić information content (AvgIpc) is 3.00. The SMILES string of the molecule is CCc1ccccc1NC(=O)[C@@H]1[C@@H](C(=O)O)[C@H]2C=C[C@@]1(C)O2. The fourth-order valence-electron chi connectivity index (χ4n) is 3.44. The number of nitrogens with one attached hydrogen (secondary N) is 1. The van der Waals surface area contributed by atoms with E-state index in [1.165, 1.54) is 0 Å². The lowest BCUT2D eigenvalue weighted by Gasteiger charge is -2.28. The summed E-state index contributed by atoms with van der Waals surface area (Å²) in [6.07, 6.45) is 3.80. The lowest BCUT2D eigenvalue weighted by Crippen LogP contribution is -2.44. The monoisotopic (exact) mass is 301 g/mol. The highest BCUT2D eigenvalue weighted by molar-refractivity contribution is 5.97. The van der Waals surface area contributed by atoms with E-state index < -0.39 is 29.5 Å². The van der Waals surface area contributed by atoms with Gasteiger partial charge in [0.15, 0.2) is 0 Å². The minimum absolute atomic E-state index is 0.303. The molecule has 2 aliphatic heterocycles. The van der Waals surface area contributed by atoms with Crippen molar-refractivity contribution in [1.82, 2.24) is 0 Å². The molecule has 1 saturated heterocycles. The van der Waals surface area contributed by atoms with Crippen molar-refractivity contribution < 1.29 is 19.4 Å². The van der Waals surface area contributed by atoms with E-state index >= 15 is 0 Å². The molecule has 2 N–H and O–H groups in total. The molecule has 1 aromatic rings. The van der Waals surface area contributed by atoms with E-state index in [1.54, 1.807) is 19.1 Å². The summed E-state index contributed by atoms with van der Waals surface area (Å²) < 4.78 is 5.71. The van der Waals surface area contributed by atoms with Gasteiger partial charge in [-0.3, -0.25) is 9.59 Å². The molecule has 0 radical (unpaired) electrons. The zero-order chi connectivity index (χ0) is 15.9. The maximum Gasteiger partial charge on any atom is 0.310 e. The molecular formula is C17H19NO4. The van der Waals surface area contributed by atoms with Gasteiger partial charge in [-0.15, -0.1) is 0 Å². The standard InChI is InChI=1S/C17H19NO4/c1-3-10-6-4-5-7-11(10)18-15(19)14-13(16(20)21)12-8-9-17(14,2)22-12/h4-9,12-14H,3H2,1-2H3,(H,18,19)(H,20,21)/t12-,13+,14+,17-/m1/s1. The summed E-state index contributed by atoms with van der Waals surface area (Å²) in [6.45, 7) is 3.78. The zero-order valence-electron chi connectivity index (χ0n) is 12.6. The van der Waals surface area contributed by atoms with Crippen molar-refractivity contribution in [2.24, 2.45) is 11.8 Å². The third-order valence-corrected chi connectivity index (χ3v) is 4.56. The van der Waals surface area contributed by atoms with E-state index in [0.29, 0.717) is 0 Å². The number of carbonyl (C=O) groups is 2. The number of carboxylic acids is 1. The first-order chi connectivity index (χ1) is 10.5. The highest BCUT2D eigenvalue weighted by Gasteiger charge is 2.59. The number of fused-ring (bicyclic) bond motifs is 2. The maximum absolute atomic E-state index is 12.7. The molecule has 0 saturated carbocycles. The van der Waals surface area contributed by atoms with Crippen LogP contribution in [0.25, 0.3) is 0 Å². The zero-order valence-corrected chi connectivity index (χ0v) is 12.6. The van der Waals surface area contributed by atoms with Crippen LogP contribution in [0.3, 0.4) is 0 Å². The Morgan fingerprint density at radius 1 is 1.36 bits per heavy atom. The van der Waals surface area contributed by atoms with Crippen molar-refractivity contribution in [1.29, 1.82) is 0 Å². The van der Waals surface area contributed by atoms with E-state index in [0.717, 1.165) is 17.7 Å². The van der Waals surface area contributed by atoms with Gasteiger partial charge >= 0.3 is 5.97 Å². The average molecular weight is 301 g/mol. The van der Waals surface area contributed by atoms with Crippen LogP contribution in [0.4, 0.5) is 5.69 Å². The molecule has 1 fully saturated rings. The van der Waals surface area contributed by atoms with Gasteiger partial charge in [-0.05, 0) is 25.0 Å². The van der Waals surface area contributed by atoms with Gasteiger partial charge in [-0.2, -0.15) is 0 Å². The van der Waals surface area contributed by atoms with Gasteiger partial charge in [0.1, 0.15) is 5.92 Å². The molecule has 0 spiro atoms. The van der Waals surface area contributed by atoms with Crippen LogP contribution in [0.15, 0.2) is 36.4 Å². The van der Waals surface area contributed by atoms with Crippen molar-refractivity contribution in [3.8, 4) is 0 Å². The Bertz CT molecular complexity index is 654. The van der Waals surface area contributed by atoms with Crippen LogP contribution in [0.1, 0.15) is 19.4 Å². The topological polar surface area (TPSA) is 75.6 Å². The number of hydrogen-bond acceptors (Lipinski definition) is 3. The second kappa shape index (κ2) is 5.25. The highest BCUT2D eigenvalue weighted by Crippen LogP contribution is 2.47. The quantitative estimate of drug-likeness (QED) is 0.836. The molecule has 0 aliphatic carbocycles. The first-order valence-corrected chi connectivity index (χ1v) is 7.45. The Balaban J connectivity index is 1.88. The summed E-state index contributed by atoms with van der Waals surface area (Å²) in [5.74, 6) is -2.88. The van der Waals surface area contributed by atoms with Crippen molar-refractivity contribution in [2.75, 3.05) is 5.32 Å². The van der Waals surface area contributed by atoms with Crippen LogP contribution in [-0.4, -0.2) is 28.7 Å². The molecule has 116 valence electrons. The molecule has 1 aromatic carbocycles. The molecular weight excluding hydrogens is 282 g/mol. The molecule has 2 heterocycles. The number of anilines is 1. The number of aryl methyl sites for hydroxylation is 1. The fraction of sp³-hybridized carbons (Fsp3) is 0.412. The molecule has 0 aromatic heterocycles. The minimum Gasteiger partial charge on any atom is -0.481 e. The second-order valence-corrected chi connectivity index (χ2v) is 5.97. The third-order valence-electron chi connectivity index (χ3n) is 4.56. The van der Waals surface area contributed by atoms with E-state index in [2.05, 4.69) is 5.32 Å². The predicted molar refractivity (Wildman–Crippen MR) is 81.5 cm³/mol. The summed E-state index contributed by atoms with van der Waals surface area (Å²) in [7, 11) is 0. The Labute approximate surface area is 129 Å². The lowest BCUT2D eigenvalue weighted by molar-refractivity contribution is -0.146. The van der Waals surface area contributed by atoms with Crippen molar-refractivity contribution in [3.63, 3.8) is 0 Å². The van der Waals surface area contributed by atoms with Gasteiger partial charge in [-0.25, -0.2) is 0 Å². The van der Waals surface area contributed by atoms with E-state index in [9.17, 15) is 14.7 Å². The van der Waals surface area contributed by atoms with Crippen LogP contribution in [0.5, 0.6) is 0 Å². The fourth-order valence-corrected chi connectivity index (χ4v) is 3.44. The molecule has 22 heavy (non-hydrogen) atoms. The van der Waals surface area contributed by atoms with Crippen LogP contribution in [0, 0.1) is 11.8 Å². The van der Waals surface area contributed by atoms with E-state index in [1.807, 2.05) is 31.2 Å². The number of rotatable bonds is 4. The lowest BCUT2D eigenvalue weighted by atomic mass is 9.75. The van der Waals surface area contributed by atoms with Gasteiger partial charge in [0.25, 0.3) is 0 Å². The van der Waals surface area contributed by atoms with Crippen molar-refractivity contribution in [2.45, 2.75) is 32.0 Å². The summed E-state index contributed by atoms with van der Waals surface area (Å²) >= 11 is 0. The summed E-state index contributed by atoms with van der Waals surface area (Å²) in [6, 6.07) is 7.55. The van der Waals surface area contributed by atoms with Gasteiger partial charge in [0, 0.05) is 5.69 Å². The van der Waals surface area contributed by atoms with Gasteiger partial charge < -0.3 is 15.2 Å².